The van der Waals surface area contributed by atoms with Crippen molar-refractivity contribution in [1.29, 1.82) is 0 Å². The summed E-state index contributed by atoms with van der Waals surface area (Å²) in [6.07, 6.45) is 6.29. The van der Waals surface area contributed by atoms with Crippen LogP contribution in [0.15, 0.2) is 0 Å². The fourth-order valence-electron chi connectivity index (χ4n) is 2.96. The molecule has 2 aliphatic rings. The zero-order chi connectivity index (χ0) is 12.8. The molecule has 1 aliphatic heterocycles. The third kappa shape index (κ3) is 2.09. The van der Waals surface area contributed by atoms with Crippen molar-refractivity contribution in [3.05, 3.63) is 16.5 Å². The van der Waals surface area contributed by atoms with Gasteiger partial charge in [0.15, 0.2) is 0 Å². The van der Waals surface area contributed by atoms with Crippen LogP contribution in [0.4, 0.5) is 5.82 Å². The first-order chi connectivity index (χ1) is 8.63. The highest BCUT2D eigenvalue weighted by molar-refractivity contribution is 6.30. The minimum absolute atomic E-state index is 0.606. The van der Waals surface area contributed by atoms with Crippen LogP contribution in [0.2, 0.25) is 5.15 Å². The molecule has 0 atom stereocenters. The van der Waals surface area contributed by atoms with Crippen molar-refractivity contribution in [2.45, 2.75) is 46.0 Å². The Hall–Kier alpha value is -0.830. The van der Waals surface area contributed by atoms with Gasteiger partial charge in [-0.05, 0) is 38.0 Å². The molecular formula is C14H20ClN3. The lowest BCUT2D eigenvalue weighted by molar-refractivity contribution is 0.393. The van der Waals surface area contributed by atoms with Crippen molar-refractivity contribution in [2.24, 2.45) is 5.41 Å². The van der Waals surface area contributed by atoms with Crippen LogP contribution < -0.4 is 4.90 Å². The molecule has 1 aromatic rings. The summed E-state index contributed by atoms with van der Waals surface area (Å²) in [4.78, 5) is 11.5. The van der Waals surface area contributed by atoms with Gasteiger partial charge in [-0.25, -0.2) is 9.97 Å². The molecule has 3 rings (SSSR count). The Balaban J connectivity index is 1.92. The summed E-state index contributed by atoms with van der Waals surface area (Å²) < 4.78 is 0. The number of rotatable bonds is 2. The summed E-state index contributed by atoms with van der Waals surface area (Å²) in [5.41, 5.74) is 1.64. The molecule has 1 saturated carbocycles. The Morgan fingerprint density at radius 3 is 2.72 bits per heavy atom. The van der Waals surface area contributed by atoms with E-state index < -0.39 is 0 Å². The highest BCUT2D eigenvalue weighted by atomic mass is 35.5. The number of piperidine rings is 1. The van der Waals surface area contributed by atoms with E-state index in [-0.39, 0.29) is 0 Å². The molecule has 0 unspecified atom stereocenters. The van der Waals surface area contributed by atoms with Gasteiger partial charge in [-0.2, -0.15) is 0 Å². The zero-order valence-corrected chi connectivity index (χ0v) is 11.9. The second-order valence-electron chi connectivity index (χ2n) is 5.76. The van der Waals surface area contributed by atoms with Crippen LogP contribution in [0.1, 0.15) is 44.0 Å². The van der Waals surface area contributed by atoms with E-state index >= 15 is 0 Å². The van der Waals surface area contributed by atoms with Crippen LogP contribution in [0.3, 0.4) is 0 Å². The standard InChI is InChI=1S/C14H20ClN3/c1-3-11-16-12(15)10(2)13(17-11)18-8-4-5-14(9-18)6-7-14/h3-9H2,1-2H3. The maximum Gasteiger partial charge on any atom is 0.137 e. The fourth-order valence-corrected chi connectivity index (χ4v) is 3.14. The predicted molar refractivity (Wildman–Crippen MR) is 74.3 cm³/mol. The third-order valence-electron chi connectivity index (χ3n) is 4.34. The average molecular weight is 266 g/mol. The van der Waals surface area contributed by atoms with Crippen LogP contribution >= 0.6 is 11.6 Å². The molecule has 0 radical (unpaired) electrons. The van der Waals surface area contributed by atoms with Crippen LogP contribution in [0, 0.1) is 12.3 Å². The van der Waals surface area contributed by atoms with Crippen LogP contribution in [-0.4, -0.2) is 23.1 Å². The van der Waals surface area contributed by atoms with Crippen molar-refractivity contribution < 1.29 is 0 Å². The largest absolute Gasteiger partial charge is 0.356 e. The monoisotopic (exact) mass is 265 g/mol. The summed E-state index contributed by atoms with van der Waals surface area (Å²) in [6, 6.07) is 0. The molecular weight excluding hydrogens is 246 g/mol. The molecule has 3 nitrogen and oxygen atoms in total. The highest BCUT2D eigenvalue weighted by Crippen LogP contribution is 2.52. The van der Waals surface area contributed by atoms with E-state index in [1.165, 1.54) is 25.7 Å². The van der Waals surface area contributed by atoms with E-state index in [4.69, 9.17) is 16.6 Å². The third-order valence-corrected chi connectivity index (χ3v) is 4.71. The number of hydrogen-bond acceptors (Lipinski definition) is 3. The lowest BCUT2D eigenvalue weighted by atomic mass is 9.95. The number of hydrogen-bond donors (Lipinski definition) is 0. The van der Waals surface area contributed by atoms with Gasteiger partial charge in [0.05, 0.1) is 0 Å². The van der Waals surface area contributed by atoms with Gasteiger partial charge < -0.3 is 4.90 Å². The molecule has 0 N–H and O–H groups in total. The molecule has 1 aromatic heterocycles. The highest BCUT2D eigenvalue weighted by Gasteiger charge is 2.45. The maximum absolute atomic E-state index is 6.23. The van der Waals surface area contributed by atoms with Gasteiger partial charge in [-0.3, -0.25) is 0 Å². The van der Waals surface area contributed by atoms with Crippen molar-refractivity contribution in [1.82, 2.24) is 9.97 Å². The number of anilines is 1. The molecule has 1 saturated heterocycles. The molecule has 0 amide bonds. The van der Waals surface area contributed by atoms with Crippen molar-refractivity contribution >= 4 is 17.4 Å². The van der Waals surface area contributed by atoms with Gasteiger partial charge >= 0.3 is 0 Å². The fraction of sp³-hybridized carbons (Fsp3) is 0.714. The van der Waals surface area contributed by atoms with Crippen LogP contribution in [-0.2, 0) is 6.42 Å². The van der Waals surface area contributed by atoms with Gasteiger partial charge in [0, 0.05) is 25.1 Å². The minimum Gasteiger partial charge on any atom is -0.356 e. The van der Waals surface area contributed by atoms with Gasteiger partial charge in [0.2, 0.25) is 0 Å². The quantitative estimate of drug-likeness (QED) is 0.768. The topological polar surface area (TPSA) is 29.0 Å². The first kappa shape index (κ1) is 12.2. The van der Waals surface area contributed by atoms with Gasteiger partial charge in [0.1, 0.15) is 16.8 Å². The van der Waals surface area contributed by atoms with E-state index in [9.17, 15) is 0 Å². The lowest BCUT2D eigenvalue weighted by Gasteiger charge is -2.34. The van der Waals surface area contributed by atoms with E-state index in [1.54, 1.807) is 0 Å². The van der Waals surface area contributed by atoms with E-state index in [0.29, 0.717) is 10.6 Å². The zero-order valence-electron chi connectivity index (χ0n) is 11.2. The summed E-state index contributed by atoms with van der Waals surface area (Å²) in [7, 11) is 0. The summed E-state index contributed by atoms with van der Waals surface area (Å²) >= 11 is 6.23. The first-order valence-corrected chi connectivity index (χ1v) is 7.29. The van der Waals surface area contributed by atoms with Crippen molar-refractivity contribution in [2.75, 3.05) is 18.0 Å². The Morgan fingerprint density at radius 1 is 1.28 bits per heavy atom. The van der Waals surface area contributed by atoms with Crippen LogP contribution in [0.5, 0.6) is 0 Å². The molecule has 1 aliphatic carbocycles. The second-order valence-corrected chi connectivity index (χ2v) is 6.12. The number of aryl methyl sites for hydroxylation is 1. The van der Waals surface area contributed by atoms with Gasteiger partial charge in [-0.15, -0.1) is 0 Å². The maximum atomic E-state index is 6.23. The summed E-state index contributed by atoms with van der Waals surface area (Å²) in [6.45, 7) is 6.37. The van der Waals surface area contributed by atoms with Gasteiger partial charge in [0.25, 0.3) is 0 Å². The van der Waals surface area contributed by atoms with Crippen molar-refractivity contribution in [3.8, 4) is 0 Å². The molecule has 18 heavy (non-hydrogen) atoms. The Morgan fingerprint density at radius 2 is 2.06 bits per heavy atom. The van der Waals surface area contributed by atoms with E-state index in [0.717, 1.165) is 36.7 Å². The Kier molecular flexibility index (Phi) is 2.97. The molecule has 4 heteroatoms. The molecule has 1 spiro atoms. The van der Waals surface area contributed by atoms with Crippen LogP contribution in [0.25, 0.3) is 0 Å². The predicted octanol–water partition coefficient (Wildman–Crippen LogP) is 3.38. The SMILES string of the molecule is CCc1nc(Cl)c(C)c(N2CCCC3(CC3)C2)n1. The molecule has 0 aromatic carbocycles. The number of aromatic nitrogens is 2. The van der Waals surface area contributed by atoms with Gasteiger partial charge in [-0.1, -0.05) is 18.5 Å². The Labute approximate surface area is 114 Å². The summed E-state index contributed by atoms with van der Waals surface area (Å²) in [5.74, 6) is 1.92. The normalized spacial score (nSPS) is 21.4. The molecule has 2 fully saturated rings. The second kappa shape index (κ2) is 4.37. The smallest absolute Gasteiger partial charge is 0.137 e. The number of nitrogens with zero attached hydrogens (tertiary/aromatic N) is 3. The first-order valence-electron chi connectivity index (χ1n) is 6.91. The average Bonchev–Trinajstić information content (AvgIpc) is 3.11. The van der Waals surface area contributed by atoms with E-state index in [1.807, 2.05) is 6.92 Å². The summed E-state index contributed by atoms with van der Waals surface area (Å²) in [5, 5.41) is 0.618. The molecule has 0 bridgehead atoms. The minimum atomic E-state index is 0.606. The molecule has 2 heterocycles. The number of halogens is 1. The van der Waals surface area contributed by atoms with Crippen molar-refractivity contribution in [3.63, 3.8) is 0 Å². The molecule has 98 valence electrons. The van der Waals surface area contributed by atoms with E-state index in [2.05, 4.69) is 16.8 Å². The lowest BCUT2D eigenvalue weighted by Crippen LogP contribution is -2.37. The Bertz CT molecular complexity index is 468.